The monoisotopic (exact) mass is 664 g/mol. The molecule has 0 unspecified atom stereocenters. The Labute approximate surface area is 274 Å². The number of carbonyl (C=O) groups is 2. The van der Waals surface area contributed by atoms with Crippen molar-refractivity contribution in [2.75, 3.05) is 20.7 Å². The number of anilines is 4. The highest BCUT2D eigenvalue weighted by molar-refractivity contribution is 7.23. The molecule has 4 amide bonds. The van der Waals surface area contributed by atoms with Gasteiger partial charge in [-0.3, -0.25) is 10.6 Å². The number of thiophene rings is 2. The molecule has 2 N–H and O–H groups in total. The minimum Gasteiger partial charge on any atom is -0.297 e. The maximum atomic E-state index is 14.3. The van der Waals surface area contributed by atoms with E-state index in [2.05, 4.69) is 20.6 Å². The molecule has 8 rings (SSSR count). The van der Waals surface area contributed by atoms with Crippen LogP contribution in [0, 0.1) is 0 Å². The second-order valence-corrected chi connectivity index (χ2v) is 14.7. The maximum Gasteiger partial charge on any atom is 0.348 e. The van der Waals surface area contributed by atoms with E-state index in [1.54, 1.807) is 6.20 Å². The molecule has 4 heterocycles. The smallest absolute Gasteiger partial charge is 0.297 e. The number of benzene rings is 3. The van der Waals surface area contributed by atoms with Crippen molar-refractivity contribution in [3.8, 4) is 10.4 Å². The van der Waals surface area contributed by atoms with Crippen molar-refractivity contribution in [3.63, 3.8) is 0 Å². The van der Waals surface area contributed by atoms with Crippen LogP contribution in [-0.4, -0.2) is 22.0 Å². The second-order valence-electron chi connectivity index (χ2n) is 10.5. The lowest BCUT2D eigenvalue weighted by molar-refractivity contribution is 0.248. The third-order valence-electron chi connectivity index (χ3n) is 7.30. The van der Waals surface area contributed by atoms with Crippen molar-refractivity contribution in [1.29, 1.82) is 0 Å². The number of carbonyl (C=O) groups excluding carboxylic acids is 2. The van der Waals surface area contributed by atoms with E-state index in [4.69, 9.17) is 0 Å². The predicted octanol–water partition coefficient (Wildman–Crippen LogP) is 10.3. The van der Waals surface area contributed by atoms with Gasteiger partial charge in [0.15, 0.2) is 0 Å². The zero-order valence-electron chi connectivity index (χ0n) is 23.5. The van der Waals surface area contributed by atoms with Gasteiger partial charge in [-0.2, -0.15) is 10.0 Å². The van der Waals surface area contributed by atoms with Crippen LogP contribution in [0.2, 0.25) is 0 Å². The third kappa shape index (κ3) is 5.69. The SMILES string of the molecule is O=C(Nc1cc2ccccc2s1)N(c1ncc(-c2ccccc2)s1)N(C(=O)Nc1cc2ccccc2s1)c1ncc(C2CC2)s1. The summed E-state index contributed by atoms with van der Waals surface area (Å²) in [5, 5.41) is 12.8. The Bertz CT molecular complexity index is 2100. The average molecular weight is 665 g/mol. The highest BCUT2D eigenvalue weighted by Gasteiger charge is 2.36. The van der Waals surface area contributed by atoms with E-state index in [1.807, 2.05) is 97.2 Å². The first-order chi connectivity index (χ1) is 22.1. The van der Waals surface area contributed by atoms with Crippen LogP contribution in [0.4, 0.5) is 29.9 Å². The van der Waals surface area contributed by atoms with Gasteiger partial charge in [0.05, 0.1) is 14.9 Å². The highest BCUT2D eigenvalue weighted by atomic mass is 32.1. The number of hydrogen-bond donors (Lipinski definition) is 2. The van der Waals surface area contributed by atoms with Gasteiger partial charge in [0.1, 0.15) is 0 Å². The molecule has 12 heteroatoms. The summed E-state index contributed by atoms with van der Waals surface area (Å²) in [5.41, 5.74) is 0.970. The molecule has 0 radical (unpaired) electrons. The van der Waals surface area contributed by atoms with E-state index < -0.39 is 12.1 Å². The molecule has 4 aromatic heterocycles. The number of urea groups is 2. The molecular formula is C33H24N6O2S4. The fourth-order valence-corrected chi connectivity index (χ4v) is 8.85. The maximum absolute atomic E-state index is 14.3. The molecule has 0 bridgehead atoms. The summed E-state index contributed by atoms with van der Waals surface area (Å²) in [6, 6.07) is 28.6. The molecule has 1 saturated carbocycles. The van der Waals surface area contributed by atoms with E-state index in [1.165, 1.54) is 55.4 Å². The summed E-state index contributed by atoms with van der Waals surface area (Å²) in [5.74, 6) is 0.439. The molecule has 1 aliphatic carbocycles. The number of amides is 4. The standard InChI is InChI=1S/C33H24N6O2S4/c40-30(36-28-16-22-10-4-6-12-24(22)42-28)38(32-34-18-26(44-32)20-8-2-1-3-9-20)39(33-35-19-27(45-33)21-14-15-21)31(41)37-29-17-23-11-5-7-13-25(23)43-29/h1-13,16-19,21H,14-15H2,(H,36,40)(H,37,41). The summed E-state index contributed by atoms with van der Waals surface area (Å²) in [4.78, 5) is 40.0. The molecule has 45 heavy (non-hydrogen) atoms. The van der Waals surface area contributed by atoms with Crippen molar-refractivity contribution >= 4 is 97.8 Å². The lowest BCUT2D eigenvalue weighted by Crippen LogP contribution is -2.53. The molecule has 7 aromatic rings. The molecule has 222 valence electrons. The summed E-state index contributed by atoms with van der Waals surface area (Å²) >= 11 is 5.70. The van der Waals surface area contributed by atoms with Gasteiger partial charge >= 0.3 is 12.1 Å². The number of hydrazine groups is 1. The Morgan fingerprint density at radius 3 is 1.76 bits per heavy atom. The first kappa shape index (κ1) is 27.9. The van der Waals surface area contributed by atoms with Crippen LogP contribution in [0.1, 0.15) is 23.6 Å². The normalized spacial score (nSPS) is 12.8. The van der Waals surface area contributed by atoms with Gasteiger partial charge < -0.3 is 0 Å². The minimum absolute atomic E-state index is 0.335. The Balaban J connectivity index is 1.21. The number of fused-ring (bicyclic) bond motifs is 2. The van der Waals surface area contributed by atoms with Crippen LogP contribution in [0.3, 0.4) is 0 Å². The topological polar surface area (TPSA) is 90.5 Å². The molecular weight excluding hydrogens is 641 g/mol. The van der Waals surface area contributed by atoms with Crippen molar-refractivity contribution in [3.05, 3.63) is 108 Å². The third-order valence-corrected chi connectivity index (χ3v) is 11.5. The first-order valence-corrected chi connectivity index (χ1v) is 17.5. The van der Waals surface area contributed by atoms with Crippen LogP contribution in [0.25, 0.3) is 30.6 Å². The predicted molar refractivity (Wildman–Crippen MR) is 188 cm³/mol. The number of nitrogens with one attached hydrogen (secondary N) is 2. The first-order valence-electron chi connectivity index (χ1n) is 14.3. The summed E-state index contributed by atoms with van der Waals surface area (Å²) in [7, 11) is 0. The van der Waals surface area contributed by atoms with E-state index in [9.17, 15) is 9.59 Å². The Hall–Kier alpha value is -4.62. The van der Waals surface area contributed by atoms with E-state index in [-0.39, 0.29) is 0 Å². The lowest BCUT2D eigenvalue weighted by Gasteiger charge is -2.30. The molecule has 1 aliphatic rings. The zero-order valence-corrected chi connectivity index (χ0v) is 26.8. The number of aromatic nitrogens is 2. The van der Waals surface area contributed by atoms with Gasteiger partial charge in [0, 0.05) is 26.7 Å². The average Bonchev–Trinajstić information content (AvgIpc) is 3.42. The largest absolute Gasteiger partial charge is 0.348 e. The van der Waals surface area contributed by atoms with Crippen molar-refractivity contribution < 1.29 is 9.59 Å². The van der Waals surface area contributed by atoms with Crippen LogP contribution in [0.15, 0.2) is 103 Å². The minimum atomic E-state index is -0.523. The number of nitrogens with zero attached hydrogens (tertiary/aromatic N) is 4. The molecule has 0 spiro atoms. The van der Waals surface area contributed by atoms with Crippen LogP contribution >= 0.6 is 45.3 Å². The van der Waals surface area contributed by atoms with Crippen LogP contribution < -0.4 is 20.7 Å². The van der Waals surface area contributed by atoms with Crippen molar-refractivity contribution in [2.24, 2.45) is 0 Å². The zero-order chi connectivity index (χ0) is 30.3. The molecule has 1 fully saturated rings. The van der Waals surface area contributed by atoms with Gasteiger partial charge in [-0.1, -0.05) is 89.4 Å². The number of rotatable bonds is 6. The molecule has 8 nitrogen and oxygen atoms in total. The van der Waals surface area contributed by atoms with E-state index in [0.29, 0.717) is 26.2 Å². The number of hydrogen-bond acceptors (Lipinski definition) is 8. The molecule has 3 aromatic carbocycles. The van der Waals surface area contributed by atoms with Gasteiger partial charge in [-0.15, -0.1) is 22.7 Å². The highest BCUT2D eigenvalue weighted by Crippen LogP contribution is 2.45. The molecule has 0 aliphatic heterocycles. The fourth-order valence-electron chi connectivity index (χ4n) is 4.96. The number of thiazole rings is 2. The lowest BCUT2D eigenvalue weighted by atomic mass is 10.2. The van der Waals surface area contributed by atoms with Gasteiger partial charge in [-0.05, 0) is 59.4 Å². The van der Waals surface area contributed by atoms with E-state index >= 15 is 0 Å². The summed E-state index contributed by atoms with van der Waals surface area (Å²) < 4.78 is 2.10. The fraction of sp³-hybridized carbons (Fsp3) is 0.0909. The Morgan fingerprint density at radius 2 is 1.18 bits per heavy atom. The van der Waals surface area contributed by atoms with Crippen molar-refractivity contribution in [1.82, 2.24) is 9.97 Å². The van der Waals surface area contributed by atoms with Gasteiger partial charge in [-0.25, -0.2) is 19.6 Å². The summed E-state index contributed by atoms with van der Waals surface area (Å²) in [6.45, 7) is 0. The van der Waals surface area contributed by atoms with Crippen LogP contribution in [-0.2, 0) is 0 Å². The van der Waals surface area contributed by atoms with Crippen LogP contribution in [0.5, 0.6) is 0 Å². The Morgan fingerprint density at radius 1 is 0.644 bits per heavy atom. The second kappa shape index (κ2) is 11.7. The molecule has 0 saturated heterocycles. The molecule has 0 atom stereocenters. The van der Waals surface area contributed by atoms with Gasteiger partial charge in [0.2, 0.25) is 10.3 Å². The Kier molecular flexibility index (Phi) is 7.26. The van der Waals surface area contributed by atoms with E-state index in [0.717, 1.165) is 48.3 Å². The summed E-state index contributed by atoms with van der Waals surface area (Å²) in [6.07, 6.45) is 5.74. The van der Waals surface area contributed by atoms with Crippen molar-refractivity contribution in [2.45, 2.75) is 18.8 Å². The van der Waals surface area contributed by atoms with Gasteiger partial charge in [0.25, 0.3) is 0 Å². The quantitative estimate of drug-likeness (QED) is 0.173.